The van der Waals surface area contributed by atoms with Crippen molar-refractivity contribution in [3.05, 3.63) is 17.6 Å². The molecule has 0 saturated carbocycles. The highest BCUT2D eigenvalue weighted by Gasteiger charge is 2.53. The molecule has 1 saturated heterocycles. The number of halogens is 1. The number of pyridine rings is 1. The number of ether oxygens (including phenoxy) is 1. The molecule has 0 unspecified atom stereocenters. The largest absolute Gasteiger partial charge is 0.498 e. The van der Waals surface area contributed by atoms with Crippen molar-refractivity contribution in [2.24, 2.45) is 0 Å². The van der Waals surface area contributed by atoms with Gasteiger partial charge >= 0.3 is 7.12 Å². The molecule has 2 rings (SSSR count). The van der Waals surface area contributed by atoms with E-state index < -0.39 is 30.0 Å². The molecule has 1 N–H and O–H groups in total. The predicted molar refractivity (Wildman–Crippen MR) is 79.9 cm³/mol. The maximum atomic E-state index is 14.5. The molecule has 120 valence electrons. The number of aromatic nitrogens is 1. The molecule has 8 heteroatoms. The maximum absolute atomic E-state index is 14.5. The second-order valence-corrected chi connectivity index (χ2v) is 6.09. The average molecular weight is 310 g/mol. The van der Waals surface area contributed by atoms with Crippen molar-refractivity contribution < 1.29 is 23.2 Å². The van der Waals surface area contributed by atoms with Crippen molar-refractivity contribution in [3.63, 3.8) is 0 Å². The van der Waals surface area contributed by atoms with Crippen LogP contribution in [0.15, 0.2) is 6.07 Å². The van der Waals surface area contributed by atoms with E-state index in [1.807, 2.05) is 27.7 Å². The van der Waals surface area contributed by atoms with Gasteiger partial charge in [-0.25, -0.2) is 9.37 Å². The van der Waals surface area contributed by atoms with Crippen molar-refractivity contribution in [3.8, 4) is 5.88 Å². The highest BCUT2D eigenvalue weighted by molar-refractivity contribution is 6.62. The van der Waals surface area contributed by atoms with Crippen molar-refractivity contribution in [1.29, 1.82) is 0 Å². The summed E-state index contributed by atoms with van der Waals surface area (Å²) in [7, 11) is 1.81. The highest BCUT2D eigenvalue weighted by Crippen LogP contribution is 2.37. The van der Waals surface area contributed by atoms with Crippen LogP contribution < -0.4 is 15.5 Å². The Morgan fingerprint density at radius 2 is 1.86 bits per heavy atom. The molecule has 0 bridgehead atoms. The Bertz CT molecular complexity index is 591. The topological polar surface area (TPSA) is 69.7 Å². The molecule has 6 nitrogen and oxygen atoms in total. The maximum Gasteiger partial charge on any atom is 0.498 e. The molecule has 1 aromatic rings. The fourth-order valence-corrected chi connectivity index (χ4v) is 2.05. The first-order valence-corrected chi connectivity index (χ1v) is 6.95. The molecule has 0 spiro atoms. The minimum atomic E-state index is -0.940. The SMILES string of the molecule is CNC(=O)c1cc(B2OC(C)(C)C(C)(C)O2)c(F)c(OC)n1. The summed E-state index contributed by atoms with van der Waals surface area (Å²) in [5.41, 5.74) is -1.11. The lowest BCUT2D eigenvalue weighted by Crippen LogP contribution is -2.41. The van der Waals surface area contributed by atoms with Crippen molar-refractivity contribution in [2.75, 3.05) is 14.2 Å². The first-order valence-electron chi connectivity index (χ1n) is 6.95. The van der Waals surface area contributed by atoms with Gasteiger partial charge in [0.2, 0.25) is 5.88 Å². The van der Waals surface area contributed by atoms with E-state index in [4.69, 9.17) is 14.0 Å². The fraction of sp³-hybridized carbons (Fsp3) is 0.571. The Hall–Kier alpha value is -1.67. The number of carbonyl (C=O) groups excluding carboxylic acids is 1. The zero-order chi connectivity index (χ0) is 16.7. The van der Waals surface area contributed by atoms with Crippen molar-refractivity contribution in [1.82, 2.24) is 10.3 Å². The zero-order valence-electron chi connectivity index (χ0n) is 13.6. The molecular weight excluding hydrogens is 290 g/mol. The van der Waals surface area contributed by atoms with Gasteiger partial charge in [-0.3, -0.25) is 4.79 Å². The molecule has 2 heterocycles. The van der Waals surface area contributed by atoms with E-state index in [1.165, 1.54) is 20.2 Å². The Balaban J connectivity index is 2.49. The van der Waals surface area contributed by atoms with E-state index in [-0.39, 0.29) is 17.0 Å². The van der Waals surface area contributed by atoms with E-state index >= 15 is 0 Å². The Morgan fingerprint density at radius 1 is 1.32 bits per heavy atom. The summed E-state index contributed by atoms with van der Waals surface area (Å²) in [5, 5.41) is 2.44. The molecule has 1 amide bonds. The van der Waals surface area contributed by atoms with Crippen molar-refractivity contribution in [2.45, 2.75) is 38.9 Å². The van der Waals surface area contributed by atoms with Crippen molar-refractivity contribution >= 4 is 18.5 Å². The summed E-state index contributed by atoms with van der Waals surface area (Å²) in [6, 6.07) is 1.32. The minimum absolute atomic E-state index is 0.0328. The highest BCUT2D eigenvalue weighted by atomic mass is 19.1. The smallest absolute Gasteiger partial charge is 0.479 e. The van der Waals surface area contributed by atoms with Gasteiger partial charge in [0.25, 0.3) is 5.91 Å². The lowest BCUT2D eigenvalue weighted by molar-refractivity contribution is 0.00578. The number of methoxy groups -OCH3 is 1. The second-order valence-electron chi connectivity index (χ2n) is 6.09. The van der Waals surface area contributed by atoms with Gasteiger partial charge in [0.1, 0.15) is 5.69 Å². The third-order valence-corrected chi connectivity index (χ3v) is 4.12. The summed E-state index contributed by atoms with van der Waals surface area (Å²) < 4.78 is 31.0. The number of rotatable bonds is 3. The van der Waals surface area contributed by atoms with Gasteiger partial charge in [0, 0.05) is 12.5 Å². The molecule has 0 aliphatic carbocycles. The minimum Gasteiger partial charge on any atom is -0.479 e. The molecule has 1 aromatic heterocycles. The predicted octanol–water partition coefficient (Wildman–Crippen LogP) is 0.888. The number of carbonyl (C=O) groups is 1. The lowest BCUT2D eigenvalue weighted by Gasteiger charge is -2.32. The molecule has 1 aliphatic rings. The average Bonchev–Trinajstić information content (AvgIpc) is 2.66. The van der Waals surface area contributed by atoms with Crippen LogP contribution in [0.1, 0.15) is 38.2 Å². The van der Waals surface area contributed by atoms with Crippen LogP contribution in [-0.4, -0.2) is 43.4 Å². The molecule has 1 fully saturated rings. The summed E-state index contributed by atoms with van der Waals surface area (Å²) >= 11 is 0. The Labute approximate surface area is 129 Å². The molecule has 0 aromatic carbocycles. The van der Waals surface area contributed by atoms with Crippen LogP contribution >= 0.6 is 0 Å². The quantitative estimate of drug-likeness (QED) is 0.840. The zero-order valence-corrected chi connectivity index (χ0v) is 13.6. The molecule has 22 heavy (non-hydrogen) atoms. The number of amides is 1. The van der Waals surface area contributed by atoms with Gasteiger partial charge in [-0.15, -0.1) is 0 Å². The van der Waals surface area contributed by atoms with Gasteiger partial charge in [0.15, 0.2) is 5.82 Å². The molecule has 1 aliphatic heterocycles. The summed E-state index contributed by atoms with van der Waals surface area (Å²) in [6.45, 7) is 7.46. The molecule has 0 atom stereocenters. The fourth-order valence-electron chi connectivity index (χ4n) is 2.05. The van der Waals surface area contributed by atoms with Crippen LogP contribution in [0, 0.1) is 5.82 Å². The molecule has 0 radical (unpaired) electrons. The van der Waals surface area contributed by atoms with E-state index in [1.54, 1.807) is 0 Å². The van der Waals surface area contributed by atoms with Gasteiger partial charge in [-0.1, -0.05) is 0 Å². The van der Waals surface area contributed by atoms with Crippen LogP contribution in [0.25, 0.3) is 0 Å². The third kappa shape index (κ3) is 2.68. The third-order valence-electron chi connectivity index (χ3n) is 4.12. The summed E-state index contributed by atoms with van der Waals surface area (Å²) in [5.74, 6) is -1.42. The van der Waals surface area contributed by atoms with Crippen LogP contribution in [0.3, 0.4) is 0 Å². The van der Waals surface area contributed by atoms with Crippen LogP contribution in [0.4, 0.5) is 4.39 Å². The van der Waals surface area contributed by atoms with Gasteiger partial charge in [-0.05, 0) is 33.8 Å². The van der Waals surface area contributed by atoms with Gasteiger partial charge in [-0.2, -0.15) is 0 Å². The van der Waals surface area contributed by atoms with E-state index in [0.717, 1.165) is 0 Å². The summed E-state index contributed by atoms with van der Waals surface area (Å²) in [6.07, 6.45) is 0. The van der Waals surface area contributed by atoms with Crippen LogP contribution in [0.2, 0.25) is 0 Å². The van der Waals surface area contributed by atoms with E-state index in [0.29, 0.717) is 0 Å². The van der Waals surface area contributed by atoms with Crippen LogP contribution in [0.5, 0.6) is 5.88 Å². The van der Waals surface area contributed by atoms with E-state index in [2.05, 4.69) is 10.3 Å². The second kappa shape index (κ2) is 5.51. The van der Waals surface area contributed by atoms with Crippen LogP contribution in [-0.2, 0) is 9.31 Å². The number of hydrogen-bond donors (Lipinski definition) is 1. The Kier molecular flexibility index (Phi) is 4.19. The number of nitrogens with one attached hydrogen (secondary N) is 1. The summed E-state index contributed by atoms with van der Waals surface area (Å²) in [4.78, 5) is 15.6. The van der Waals surface area contributed by atoms with E-state index in [9.17, 15) is 9.18 Å². The Morgan fingerprint density at radius 3 is 2.32 bits per heavy atom. The lowest BCUT2D eigenvalue weighted by atomic mass is 9.78. The first kappa shape index (κ1) is 16.7. The first-order chi connectivity index (χ1) is 10.1. The van der Waals surface area contributed by atoms with Gasteiger partial charge in [0.05, 0.1) is 18.3 Å². The number of hydrogen-bond acceptors (Lipinski definition) is 5. The normalized spacial score (nSPS) is 19.1. The standard InChI is InChI=1S/C14H20BFN2O4/c1-13(2)14(3,4)22-15(21-13)8-7-9(11(19)17-5)18-12(20-6)10(8)16/h7H,1-6H3,(H,17,19). The molecular formula is C14H20BFN2O4. The van der Waals surface area contributed by atoms with Gasteiger partial charge < -0.3 is 19.4 Å². The number of nitrogens with zero attached hydrogens (tertiary/aromatic N) is 1. The monoisotopic (exact) mass is 310 g/mol.